The third kappa shape index (κ3) is 4.41. The first-order valence-electron chi connectivity index (χ1n) is 7.67. The molecule has 1 N–H and O–H groups in total. The van der Waals surface area contributed by atoms with Crippen LogP contribution >= 0.6 is 15.9 Å². The van der Waals surface area contributed by atoms with Gasteiger partial charge in [0.25, 0.3) is 5.91 Å². The molecule has 2 aromatic carbocycles. The van der Waals surface area contributed by atoms with E-state index in [1.54, 1.807) is 0 Å². The topological polar surface area (TPSA) is 41.6 Å². The van der Waals surface area contributed by atoms with E-state index in [2.05, 4.69) is 26.1 Å². The maximum absolute atomic E-state index is 12.3. The van der Waals surface area contributed by atoms with Gasteiger partial charge in [-0.1, -0.05) is 24.3 Å². The first kappa shape index (κ1) is 16.2. The average Bonchev–Trinajstić information content (AvgIpc) is 2.58. The molecule has 23 heavy (non-hydrogen) atoms. The van der Waals surface area contributed by atoms with Gasteiger partial charge in [-0.2, -0.15) is 0 Å². The Hall–Kier alpha value is -1.69. The molecule has 0 bridgehead atoms. The second-order valence-corrected chi connectivity index (χ2v) is 6.37. The number of ether oxygens (including phenoxy) is 1. The van der Waals surface area contributed by atoms with Crippen molar-refractivity contribution in [2.45, 2.75) is 6.54 Å². The summed E-state index contributed by atoms with van der Waals surface area (Å²) in [6, 6.07) is 15.4. The lowest BCUT2D eigenvalue weighted by Crippen LogP contribution is -2.35. The number of nitrogens with one attached hydrogen (secondary N) is 1. The van der Waals surface area contributed by atoms with Gasteiger partial charge < -0.3 is 10.1 Å². The fourth-order valence-corrected chi connectivity index (χ4v) is 2.92. The molecule has 0 radical (unpaired) electrons. The van der Waals surface area contributed by atoms with Crippen molar-refractivity contribution in [3.63, 3.8) is 0 Å². The summed E-state index contributed by atoms with van der Waals surface area (Å²) in [6.45, 7) is 4.42. The monoisotopic (exact) mass is 374 g/mol. The zero-order chi connectivity index (χ0) is 16.1. The van der Waals surface area contributed by atoms with Crippen LogP contribution in [0.25, 0.3) is 0 Å². The van der Waals surface area contributed by atoms with Crippen LogP contribution in [0, 0.1) is 0 Å². The summed E-state index contributed by atoms with van der Waals surface area (Å²) in [6.07, 6.45) is 0. The van der Waals surface area contributed by atoms with E-state index in [9.17, 15) is 4.79 Å². The third-order valence-electron chi connectivity index (χ3n) is 3.85. The number of rotatable bonds is 4. The molecule has 5 heteroatoms. The molecule has 0 unspecified atom stereocenters. The molecule has 1 amide bonds. The third-order valence-corrected chi connectivity index (χ3v) is 4.54. The van der Waals surface area contributed by atoms with Gasteiger partial charge >= 0.3 is 0 Å². The van der Waals surface area contributed by atoms with E-state index < -0.39 is 0 Å². The molecule has 1 aliphatic heterocycles. The minimum absolute atomic E-state index is 0.102. The quantitative estimate of drug-likeness (QED) is 0.889. The summed E-state index contributed by atoms with van der Waals surface area (Å²) >= 11 is 3.43. The van der Waals surface area contributed by atoms with E-state index in [1.165, 1.54) is 5.56 Å². The van der Waals surface area contributed by atoms with Crippen molar-refractivity contribution >= 4 is 27.5 Å². The van der Waals surface area contributed by atoms with Gasteiger partial charge in [-0.15, -0.1) is 0 Å². The van der Waals surface area contributed by atoms with E-state index in [0.717, 1.165) is 43.0 Å². The Morgan fingerprint density at radius 3 is 2.48 bits per heavy atom. The number of amides is 1. The van der Waals surface area contributed by atoms with Crippen LogP contribution in [0.2, 0.25) is 0 Å². The summed E-state index contributed by atoms with van der Waals surface area (Å²) in [5, 5.41) is 2.91. The van der Waals surface area contributed by atoms with Gasteiger partial charge in [-0.3, -0.25) is 9.69 Å². The molecule has 0 saturated carbocycles. The van der Waals surface area contributed by atoms with Gasteiger partial charge in [-0.25, -0.2) is 0 Å². The lowest BCUT2D eigenvalue weighted by molar-refractivity contribution is 0.0342. The highest BCUT2D eigenvalue weighted by Crippen LogP contribution is 2.22. The van der Waals surface area contributed by atoms with Crippen molar-refractivity contribution < 1.29 is 9.53 Å². The van der Waals surface area contributed by atoms with Gasteiger partial charge in [0.05, 0.1) is 18.9 Å². The second-order valence-electron chi connectivity index (χ2n) is 5.52. The Morgan fingerprint density at radius 2 is 1.78 bits per heavy atom. The first-order chi connectivity index (χ1) is 11.2. The van der Waals surface area contributed by atoms with Crippen molar-refractivity contribution in [3.05, 3.63) is 64.1 Å². The first-order valence-corrected chi connectivity index (χ1v) is 8.46. The minimum Gasteiger partial charge on any atom is -0.379 e. The largest absolute Gasteiger partial charge is 0.379 e. The maximum Gasteiger partial charge on any atom is 0.255 e. The van der Waals surface area contributed by atoms with Gasteiger partial charge in [0.2, 0.25) is 0 Å². The molecule has 0 aromatic heterocycles. The normalized spacial score (nSPS) is 15.3. The van der Waals surface area contributed by atoms with Gasteiger partial charge in [0, 0.05) is 29.7 Å². The molecule has 1 fully saturated rings. The van der Waals surface area contributed by atoms with Crippen molar-refractivity contribution in [3.8, 4) is 0 Å². The number of nitrogens with zero attached hydrogens (tertiary/aromatic N) is 1. The van der Waals surface area contributed by atoms with Crippen molar-refractivity contribution in [1.82, 2.24) is 4.90 Å². The zero-order valence-electron chi connectivity index (χ0n) is 12.8. The number of halogens is 1. The molecule has 4 nitrogen and oxygen atoms in total. The Morgan fingerprint density at radius 1 is 1.09 bits per heavy atom. The lowest BCUT2D eigenvalue weighted by Gasteiger charge is -2.26. The maximum atomic E-state index is 12.3. The van der Waals surface area contributed by atoms with Crippen LogP contribution in [0.3, 0.4) is 0 Å². The van der Waals surface area contributed by atoms with Gasteiger partial charge in [0.1, 0.15) is 0 Å². The van der Waals surface area contributed by atoms with Crippen LogP contribution < -0.4 is 5.32 Å². The van der Waals surface area contributed by atoms with E-state index in [0.29, 0.717) is 5.56 Å². The van der Waals surface area contributed by atoms with E-state index in [4.69, 9.17) is 4.74 Å². The van der Waals surface area contributed by atoms with Crippen LogP contribution in [0.4, 0.5) is 5.69 Å². The van der Waals surface area contributed by atoms with Crippen LogP contribution in [-0.2, 0) is 11.3 Å². The summed E-state index contributed by atoms with van der Waals surface area (Å²) in [5.74, 6) is -0.102. The molecule has 1 saturated heterocycles. The summed E-state index contributed by atoms with van der Waals surface area (Å²) in [5.41, 5.74) is 2.64. The molecule has 0 spiro atoms. The van der Waals surface area contributed by atoms with Crippen molar-refractivity contribution in [2.24, 2.45) is 0 Å². The van der Waals surface area contributed by atoms with Crippen molar-refractivity contribution in [1.29, 1.82) is 0 Å². The number of para-hydroxylation sites is 1. The zero-order valence-corrected chi connectivity index (χ0v) is 14.4. The highest BCUT2D eigenvalue weighted by atomic mass is 79.9. The highest BCUT2D eigenvalue weighted by Gasteiger charge is 2.12. The molecule has 0 atom stereocenters. The highest BCUT2D eigenvalue weighted by molar-refractivity contribution is 9.10. The molecule has 1 aliphatic rings. The average molecular weight is 375 g/mol. The van der Waals surface area contributed by atoms with Gasteiger partial charge in [-0.05, 0) is 45.8 Å². The number of hydrogen-bond donors (Lipinski definition) is 1. The summed E-state index contributed by atoms with van der Waals surface area (Å²) in [4.78, 5) is 14.7. The molecule has 120 valence electrons. The molecule has 2 aromatic rings. The van der Waals surface area contributed by atoms with Crippen LogP contribution in [0.1, 0.15) is 15.9 Å². The Kier molecular flexibility index (Phi) is 5.43. The van der Waals surface area contributed by atoms with Crippen LogP contribution in [0.5, 0.6) is 0 Å². The number of carbonyl (C=O) groups is 1. The van der Waals surface area contributed by atoms with Crippen molar-refractivity contribution in [2.75, 3.05) is 31.6 Å². The van der Waals surface area contributed by atoms with Crippen LogP contribution in [0.15, 0.2) is 53.0 Å². The standard InChI is InChI=1S/C18H19BrN2O2/c19-16-3-1-2-4-17(16)20-18(22)15-7-5-14(6-8-15)13-21-9-11-23-12-10-21/h1-8H,9-13H2,(H,20,22). The Balaban J connectivity index is 1.62. The molecule has 1 heterocycles. The Bertz CT molecular complexity index is 667. The van der Waals surface area contributed by atoms with E-state index in [1.807, 2.05) is 48.5 Å². The lowest BCUT2D eigenvalue weighted by atomic mass is 10.1. The van der Waals surface area contributed by atoms with E-state index >= 15 is 0 Å². The predicted octanol–water partition coefficient (Wildman–Crippen LogP) is 3.53. The number of morpholine rings is 1. The molecule has 0 aliphatic carbocycles. The summed E-state index contributed by atoms with van der Waals surface area (Å²) < 4.78 is 6.23. The smallest absolute Gasteiger partial charge is 0.255 e. The minimum atomic E-state index is -0.102. The molecular weight excluding hydrogens is 356 g/mol. The summed E-state index contributed by atoms with van der Waals surface area (Å²) in [7, 11) is 0. The number of benzene rings is 2. The fourth-order valence-electron chi connectivity index (χ4n) is 2.54. The predicted molar refractivity (Wildman–Crippen MR) is 94.6 cm³/mol. The van der Waals surface area contributed by atoms with Gasteiger partial charge in [0.15, 0.2) is 0 Å². The SMILES string of the molecule is O=C(Nc1ccccc1Br)c1ccc(CN2CCOCC2)cc1. The second kappa shape index (κ2) is 7.73. The molecular formula is C18H19BrN2O2. The Labute approximate surface area is 144 Å². The fraction of sp³-hybridized carbons (Fsp3) is 0.278. The number of hydrogen-bond acceptors (Lipinski definition) is 3. The van der Waals surface area contributed by atoms with E-state index in [-0.39, 0.29) is 5.91 Å². The van der Waals surface area contributed by atoms with Crippen LogP contribution in [-0.4, -0.2) is 37.1 Å². The number of carbonyl (C=O) groups excluding carboxylic acids is 1. The number of anilines is 1. The molecule has 3 rings (SSSR count).